The van der Waals surface area contributed by atoms with E-state index in [9.17, 15) is 0 Å². The Labute approximate surface area is 107 Å². The molecule has 1 saturated carbocycles. The number of nitrogens with one attached hydrogen (secondary N) is 1. The largest absolute Gasteiger partial charge is 0.330 e. The summed E-state index contributed by atoms with van der Waals surface area (Å²) in [6, 6.07) is 1.23. The van der Waals surface area contributed by atoms with Crippen LogP contribution in [0.15, 0.2) is 12.5 Å². The molecule has 1 aromatic rings. The van der Waals surface area contributed by atoms with Crippen molar-refractivity contribution in [3.8, 4) is 0 Å². The van der Waals surface area contributed by atoms with E-state index >= 15 is 0 Å². The van der Waals surface area contributed by atoms with Crippen LogP contribution < -0.4 is 5.32 Å². The van der Waals surface area contributed by atoms with Crippen LogP contribution in [0.25, 0.3) is 0 Å². The maximum Gasteiger partial charge on any atom is 0.0951 e. The van der Waals surface area contributed by atoms with Gasteiger partial charge in [-0.3, -0.25) is 0 Å². The molecule has 1 aromatic heterocycles. The summed E-state index contributed by atoms with van der Waals surface area (Å²) >= 11 is 2.02. The average molecular weight is 251 g/mol. The quantitative estimate of drug-likeness (QED) is 0.896. The number of rotatable bonds is 3. The third-order valence-corrected chi connectivity index (χ3v) is 5.29. The van der Waals surface area contributed by atoms with E-state index in [-0.39, 0.29) is 0 Å². The van der Waals surface area contributed by atoms with E-state index in [1.807, 2.05) is 18.1 Å². The molecule has 2 heterocycles. The lowest BCUT2D eigenvalue weighted by Gasteiger charge is -2.19. The maximum absolute atomic E-state index is 4.38. The summed E-state index contributed by atoms with van der Waals surface area (Å²) in [4.78, 5) is 4.38. The highest BCUT2D eigenvalue weighted by molar-refractivity contribution is 7.99. The third kappa shape index (κ3) is 2.25. The minimum absolute atomic E-state index is 0.547. The van der Waals surface area contributed by atoms with Crippen LogP contribution in [0.1, 0.15) is 49.9 Å². The van der Waals surface area contributed by atoms with Crippen molar-refractivity contribution in [3.05, 3.63) is 18.2 Å². The first-order valence-corrected chi connectivity index (χ1v) is 7.95. The molecule has 3 rings (SSSR count). The van der Waals surface area contributed by atoms with Crippen LogP contribution in [-0.4, -0.2) is 27.6 Å². The Kier molecular flexibility index (Phi) is 3.43. The highest BCUT2D eigenvalue weighted by Gasteiger charge is 2.28. The minimum atomic E-state index is 0.547. The molecule has 1 N–H and O–H groups in total. The molecule has 0 aromatic carbocycles. The Morgan fingerprint density at radius 1 is 1.41 bits per heavy atom. The number of hydrogen-bond acceptors (Lipinski definition) is 3. The van der Waals surface area contributed by atoms with Gasteiger partial charge in [0, 0.05) is 23.5 Å². The van der Waals surface area contributed by atoms with Gasteiger partial charge in [-0.25, -0.2) is 4.98 Å². The second-order valence-corrected chi connectivity index (χ2v) is 6.34. The molecule has 1 aliphatic carbocycles. The fourth-order valence-corrected chi connectivity index (χ4v) is 4.00. The molecule has 0 amide bonds. The number of nitrogens with zero attached hydrogens (tertiary/aromatic N) is 2. The molecule has 0 spiro atoms. The molecule has 17 heavy (non-hydrogen) atoms. The van der Waals surface area contributed by atoms with E-state index in [0.717, 1.165) is 11.8 Å². The molecule has 2 aliphatic rings. The summed E-state index contributed by atoms with van der Waals surface area (Å²) in [5.41, 5.74) is 1.41. The van der Waals surface area contributed by atoms with Gasteiger partial charge in [0.25, 0.3) is 0 Å². The summed E-state index contributed by atoms with van der Waals surface area (Å²) in [6.45, 7) is 1.16. The molecule has 3 nitrogen and oxygen atoms in total. The van der Waals surface area contributed by atoms with Crippen LogP contribution in [0.3, 0.4) is 0 Å². The zero-order valence-electron chi connectivity index (χ0n) is 10.4. The van der Waals surface area contributed by atoms with Crippen LogP contribution in [0.5, 0.6) is 0 Å². The van der Waals surface area contributed by atoms with Gasteiger partial charge in [0.2, 0.25) is 0 Å². The highest BCUT2D eigenvalue weighted by Crippen LogP contribution is 2.38. The van der Waals surface area contributed by atoms with Gasteiger partial charge in [-0.15, -0.1) is 0 Å². The molecule has 0 bridgehead atoms. The molecule has 4 heteroatoms. The summed E-state index contributed by atoms with van der Waals surface area (Å²) in [5, 5.41) is 4.44. The number of hydrogen-bond donors (Lipinski definition) is 1. The second kappa shape index (κ2) is 5.02. The SMILES string of the molecule is CSC1CCC(n2cncc2C2CCCN2)C1. The zero-order chi connectivity index (χ0) is 11.7. The van der Waals surface area contributed by atoms with Crippen LogP contribution in [0.2, 0.25) is 0 Å². The predicted octanol–water partition coefficient (Wildman–Crippen LogP) is 2.76. The number of imidazole rings is 1. The van der Waals surface area contributed by atoms with Gasteiger partial charge in [-0.1, -0.05) is 0 Å². The van der Waals surface area contributed by atoms with Gasteiger partial charge >= 0.3 is 0 Å². The lowest BCUT2D eigenvalue weighted by Crippen LogP contribution is -2.18. The molecular weight excluding hydrogens is 230 g/mol. The fraction of sp³-hybridized carbons (Fsp3) is 0.769. The molecular formula is C13H21N3S. The Bertz CT molecular complexity index is 370. The van der Waals surface area contributed by atoms with Gasteiger partial charge in [-0.05, 0) is 44.9 Å². The zero-order valence-corrected chi connectivity index (χ0v) is 11.2. The molecule has 3 unspecified atom stereocenters. The lowest BCUT2D eigenvalue weighted by molar-refractivity contribution is 0.472. The van der Waals surface area contributed by atoms with Crippen molar-refractivity contribution in [2.45, 2.75) is 49.4 Å². The monoisotopic (exact) mass is 251 g/mol. The third-order valence-electron chi connectivity index (χ3n) is 4.20. The number of thioether (sulfide) groups is 1. The van der Waals surface area contributed by atoms with E-state index in [2.05, 4.69) is 27.3 Å². The highest BCUT2D eigenvalue weighted by atomic mass is 32.2. The van der Waals surface area contributed by atoms with Crippen molar-refractivity contribution in [1.29, 1.82) is 0 Å². The maximum atomic E-state index is 4.38. The first-order valence-electron chi connectivity index (χ1n) is 6.66. The average Bonchev–Trinajstić information content (AvgIpc) is 3.09. The van der Waals surface area contributed by atoms with E-state index in [0.29, 0.717) is 12.1 Å². The van der Waals surface area contributed by atoms with E-state index < -0.39 is 0 Å². The van der Waals surface area contributed by atoms with Crippen molar-refractivity contribution in [1.82, 2.24) is 14.9 Å². The molecule has 3 atom stereocenters. The van der Waals surface area contributed by atoms with Crippen LogP contribution in [-0.2, 0) is 0 Å². The van der Waals surface area contributed by atoms with Crippen LogP contribution in [0, 0.1) is 0 Å². The Hall–Kier alpha value is -0.480. The normalized spacial score (nSPS) is 33.4. The second-order valence-electron chi connectivity index (χ2n) is 5.20. The van der Waals surface area contributed by atoms with Crippen molar-refractivity contribution < 1.29 is 0 Å². The summed E-state index contributed by atoms with van der Waals surface area (Å²) in [7, 11) is 0. The lowest BCUT2D eigenvalue weighted by atomic mass is 10.1. The topological polar surface area (TPSA) is 29.9 Å². The summed E-state index contributed by atoms with van der Waals surface area (Å²) < 4.78 is 2.44. The van der Waals surface area contributed by atoms with Gasteiger partial charge in [0.05, 0.1) is 12.0 Å². The Morgan fingerprint density at radius 3 is 3.06 bits per heavy atom. The predicted molar refractivity (Wildman–Crippen MR) is 72.4 cm³/mol. The van der Waals surface area contributed by atoms with Crippen molar-refractivity contribution in [3.63, 3.8) is 0 Å². The fourth-order valence-electron chi connectivity index (χ4n) is 3.21. The van der Waals surface area contributed by atoms with Crippen molar-refractivity contribution >= 4 is 11.8 Å². The van der Waals surface area contributed by atoms with Gasteiger partial charge in [0.1, 0.15) is 0 Å². The van der Waals surface area contributed by atoms with Crippen LogP contribution in [0.4, 0.5) is 0 Å². The molecule has 1 saturated heterocycles. The number of aromatic nitrogens is 2. The molecule has 1 aliphatic heterocycles. The Morgan fingerprint density at radius 2 is 2.35 bits per heavy atom. The standard InChI is InChI=1S/C13H21N3S/c1-17-11-5-4-10(7-11)16-9-14-8-13(16)12-3-2-6-15-12/h8-12,15H,2-7H2,1H3. The summed E-state index contributed by atoms with van der Waals surface area (Å²) in [6.07, 6.45) is 12.9. The van der Waals surface area contributed by atoms with E-state index in [1.165, 1.54) is 37.8 Å². The van der Waals surface area contributed by atoms with E-state index in [4.69, 9.17) is 0 Å². The van der Waals surface area contributed by atoms with Crippen LogP contribution >= 0.6 is 11.8 Å². The first-order chi connectivity index (χ1) is 8.38. The molecule has 2 fully saturated rings. The molecule has 94 valence electrons. The van der Waals surface area contributed by atoms with Crippen molar-refractivity contribution in [2.75, 3.05) is 12.8 Å². The van der Waals surface area contributed by atoms with Gasteiger partial charge < -0.3 is 9.88 Å². The van der Waals surface area contributed by atoms with Gasteiger partial charge in [0.15, 0.2) is 0 Å². The van der Waals surface area contributed by atoms with Crippen molar-refractivity contribution in [2.24, 2.45) is 0 Å². The summed E-state index contributed by atoms with van der Waals surface area (Å²) in [5.74, 6) is 0. The van der Waals surface area contributed by atoms with Gasteiger partial charge in [-0.2, -0.15) is 11.8 Å². The minimum Gasteiger partial charge on any atom is -0.330 e. The molecule has 0 radical (unpaired) electrons. The Balaban J connectivity index is 1.77. The smallest absolute Gasteiger partial charge is 0.0951 e. The van der Waals surface area contributed by atoms with E-state index in [1.54, 1.807) is 0 Å². The first kappa shape index (κ1) is 11.6.